The molecule has 0 aromatic carbocycles. The molecule has 0 aliphatic carbocycles. The van der Waals surface area contributed by atoms with Gasteiger partial charge in [-0.2, -0.15) is 10.1 Å². The number of primary amides is 1. The monoisotopic (exact) mass is 231 g/mol. The van der Waals surface area contributed by atoms with Crippen molar-refractivity contribution in [2.45, 2.75) is 12.5 Å². The van der Waals surface area contributed by atoms with Gasteiger partial charge in [0.2, 0.25) is 5.91 Å². The van der Waals surface area contributed by atoms with Crippen molar-refractivity contribution in [2.75, 3.05) is 32.8 Å². The molecular formula is C8H17N5O3. The first kappa shape index (κ1) is 12.8. The Bertz CT molecular complexity index is 248. The van der Waals surface area contributed by atoms with Crippen LogP contribution >= 0.6 is 0 Å². The van der Waals surface area contributed by atoms with Crippen LogP contribution in [0.5, 0.6) is 0 Å². The minimum absolute atomic E-state index is 0.0200. The maximum Gasteiger partial charge on any atom is 0.240 e. The van der Waals surface area contributed by atoms with Crippen LogP contribution in [0, 0.1) is 4.91 Å². The Labute approximate surface area is 93.3 Å². The number of nitrogens with zero attached hydrogens (tertiary/aromatic N) is 3. The summed E-state index contributed by atoms with van der Waals surface area (Å²) in [5.41, 5.74) is 5.02. The average molecular weight is 231 g/mol. The fraction of sp³-hybridized carbons (Fsp3) is 0.875. The van der Waals surface area contributed by atoms with Crippen molar-refractivity contribution in [3.63, 3.8) is 0 Å². The van der Waals surface area contributed by atoms with Crippen LogP contribution in [0.25, 0.3) is 0 Å². The Morgan fingerprint density at radius 1 is 1.69 bits per heavy atom. The lowest BCUT2D eigenvalue weighted by Gasteiger charge is -2.39. The normalized spacial score (nSPS) is 21.7. The SMILES string of the molecule is NC(=O)CN(N=O)N1CCNCC1CCO. The molecule has 1 amide bonds. The van der Waals surface area contributed by atoms with Crippen molar-refractivity contribution in [3.8, 4) is 0 Å². The number of rotatable bonds is 6. The standard InChI is InChI=1S/C8H17N5O3/c9-8(15)6-13(11-16)12-3-2-10-5-7(12)1-4-14/h7,10,14H,1-6H2,(H2,9,15). The van der Waals surface area contributed by atoms with Gasteiger partial charge in [0.05, 0.1) is 5.29 Å². The molecule has 8 heteroatoms. The van der Waals surface area contributed by atoms with Gasteiger partial charge in [-0.05, 0) is 6.42 Å². The van der Waals surface area contributed by atoms with E-state index in [1.54, 1.807) is 5.01 Å². The highest BCUT2D eigenvalue weighted by Crippen LogP contribution is 2.11. The zero-order chi connectivity index (χ0) is 12.0. The Kier molecular flexibility index (Phi) is 5.09. The van der Waals surface area contributed by atoms with E-state index in [1.807, 2.05) is 0 Å². The van der Waals surface area contributed by atoms with E-state index in [2.05, 4.69) is 10.6 Å². The Morgan fingerprint density at radius 3 is 3.00 bits per heavy atom. The van der Waals surface area contributed by atoms with E-state index in [4.69, 9.17) is 10.8 Å². The summed E-state index contributed by atoms with van der Waals surface area (Å²) in [5.74, 6) is -0.610. The molecule has 0 radical (unpaired) electrons. The largest absolute Gasteiger partial charge is 0.396 e. The molecule has 1 aliphatic heterocycles. The van der Waals surface area contributed by atoms with Gasteiger partial charge in [0.1, 0.15) is 6.54 Å². The van der Waals surface area contributed by atoms with Crippen LogP contribution in [-0.4, -0.2) is 60.0 Å². The molecule has 1 unspecified atom stereocenters. The lowest BCUT2D eigenvalue weighted by Crippen LogP contribution is -2.58. The predicted molar refractivity (Wildman–Crippen MR) is 56.8 cm³/mol. The van der Waals surface area contributed by atoms with Crippen LogP contribution in [0.1, 0.15) is 6.42 Å². The number of aliphatic hydroxyl groups excluding tert-OH is 1. The summed E-state index contributed by atoms with van der Waals surface area (Å²) in [5, 5.41) is 17.5. The molecule has 0 aromatic rings. The van der Waals surface area contributed by atoms with Gasteiger partial charge in [-0.25, -0.2) is 0 Å². The van der Waals surface area contributed by atoms with Gasteiger partial charge >= 0.3 is 0 Å². The average Bonchev–Trinajstić information content (AvgIpc) is 2.27. The van der Waals surface area contributed by atoms with E-state index in [0.29, 0.717) is 26.1 Å². The van der Waals surface area contributed by atoms with Crippen molar-refractivity contribution in [2.24, 2.45) is 11.0 Å². The third-order valence-electron chi connectivity index (χ3n) is 2.47. The second-order valence-electron chi connectivity index (χ2n) is 3.61. The van der Waals surface area contributed by atoms with E-state index in [1.165, 1.54) is 0 Å². The minimum Gasteiger partial charge on any atom is -0.396 e. The lowest BCUT2D eigenvalue weighted by molar-refractivity contribution is -0.129. The Morgan fingerprint density at radius 2 is 2.44 bits per heavy atom. The number of carbonyl (C=O) groups is 1. The highest BCUT2D eigenvalue weighted by molar-refractivity contribution is 5.75. The smallest absolute Gasteiger partial charge is 0.240 e. The number of nitrogens with two attached hydrogens (primary N) is 1. The zero-order valence-electron chi connectivity index (χ0n) is 9.00. The summed E-state index contributed by atoms with van der Waals surface area (Å²) < 4.78 is 0. The van der Waals surface area contributed by atoms with Crippen LogP contribution in [0.3, 0.4) is 0 Å². The fourth-order valence-electron chi connectivity index (χ4n) is 1.76. The second kappa shape index (κ2) is 6.36. The number of amides is 1. The number of piperazine rings is 1. The first-order chi connectivity index (χ1) is 7.69. The van der Waals surface area contributed by atoms with E-state index >= 15 is 0 Å². The third-order valence-corrected chi connectivity index (χ3v) is 2.47. The second-order valence-corrected chi connectivity index (χ2v) is 3.61. The first-order valence-electron chi connectivity index (χ1n) is 5.16. The van der Waals surface area contributed by atoms with E-state index in [9.17, 15) is 9.70 Å². The molecule has 1 fully saturated rings. The molecule has 0 saturated carbocycles. The maximum atomic E-state index is 10.8. The maximum absolute atomic E-state index is 10.8. The third kappa shape index (κ3) is 3.40. The van der Waals surface area contributed by atoms with E-state index in [0.717, 1.165) is 5.12 Å². The molecule has 1 saturated heterocycles. The molecule has 0 aromatic heterocycles. The fourth-order valence-corrected chi connectivity index (χ4v) is 1.76. The highest BCUT2D eigenvalue weighted by atomic mass is 16.3. The number of carbonyl (C=O) groups excluding carboxylic acids is 1. The molecule has 1 atom stereocenters. The molecule has 92 valence electrons. The van der Waals surface area contributed by atoms with E-state index < -0.39 is 5.91 Å². The van der Waals surface area contributed by atoms with Gasteiger partial charge in [-0.1, -0.05) is 0 Å². The number of hydrazine groups is 1. The Balaban J connectivity index is 2.63. The van der Waals surface area contributed by atoms with Gasteiger partial charge in [-0.3, -0.25) is 4.79 Å². The summed E-state index contributed by atoms with van der Waals surface area (Å²) in [7, 11) is 0. The van der Waals surface area contributed by atoms with Crippen LogP contribution in [0.15, 0.2) is 5.29 Å². The summed E-state index contributed by atoms with van der Waals surface area (Å²) in [6.45, 7) is 1.69. The summed E-state index contributed by atoms with van der Waals surface area (Å²) >= 11 is 0. The van der Waals surface area contributed by atoms with Crippen LogP contribution in [0.2, 0.25) is 0 Å². The van der Waals surface area contributed by atoms with Gasteiger partial charge in [0, 0.05) is 32.3 Å². The number of nitroso groups, excluding NO2 is 1. The van der Waals surface area contributed by atoms with Crippen molar-refractivity contribution in [3.05, 3.63) is 4.91 Å². The summed E-state index contributed by atoms with van der Waals surface area (Å²) in [6.07, 6.45) is 0.512. The molecule has 1 aliphatic rings. The molecule has 1 rings (SSSR count). The topological polar surface area (TPSA) is 111 Å². The van der Waals surface area contributed by atoms with Crippen molar-refractivity contribution >= 4 is 5.91 Å². The van der Waals surface area contributed by atoms with Crippen LogP contribution in [-0.2, 0) is 4.79 Å². The first-order valence-corrected chi connectivity index (χ1v) is 5.16. The molecule has 16 heavy (non-hydrogen) atoms. The van der Waals surface area contributed by atoms with Gasteiger partial charge in [0.25, 0.3) is 0 Å². The van der Waals surface area contributed by atoms with E-state index in [-0.39, 0.29) is 19.2 Å². The highest BCUT2D eigenvalue weighted by Gasteiger charge is 2.27. The number of nitrogens with one attached hydrogen (secondary N) is 1. The van der Waals surface area contributed by atoms with Gasteiger partial charge < -0.3 is 16.2 Å². The predicted octanol–water partition coefficient (Wildman–Crippen LogP) is -1.97. The van der Waals surface area contributed by atoms with Gasteiger partial charge in [0.15, 0.2) is 0 Å². The van der Waals surface area contributed by atoms with Crippen molar-refractivity contribution < 1.29 is 9.90 Å². The summed E-state index contributed by atoms with van der Waals surface area (Å²) in [4.78, 5) is 21.4. The van der Waals surface area contributed by atoms with Crippen molar-refractivity contribution in [1.82, 2.24) is 15.4 Å². The van der Waals surface area contributed by atoms with Crippen molar-refractivity contribution in [1.29, 1.82) is 0 Å². The zero-order valence-corrected chi connectivity index (χ0v) is 9.00. The molecular weight excluding hydrogens is 214 g/mol. The van der Waals surface area contributed by atoms with Gasteiger partial charge in [-0.15, -0.1) is 4.91 Å². The van der Waals surface area contributed by atoms with Crippen LogP contribution in [0.4, 0.5) is 0 Å². The molecule has 8 nitrogen and oxygen atoms in total. The molecule has 4 N–H and O–H groups in total. The molecule has 0 bridgehead atoms. The number of hydrogen-bond donors (Lipinski definition) is 3. The molecule has 0 spiro atoms. The lowest BCUT2D eigenvalue weighted by atomic mass is 10.1. The summed E-state index contributed by atoms with van der Waals surface area (Å²) in [6, 6.07) is -0.0456. The molecule has 1 heterocycles. The number of hydrogen-bond acceptors (Lipinski definition) is 6. The number of aliphatic hydroxyl groups is 1. The minimum atomic E-state index is -0.610. The Hall–Kier alpha value is -1.25. The quantitative estimate of drug-likeness (QED) is 0.361. The van der Waals surface area contributed by atoms with Crippen LogP contribution < -0.4 is 11.1 Å².